The summed E-state index contributed by atoms with van der Waals surface area (Å²) in [6.07, 6.45) is 3.56. The molecule has 5 heteroatoms. The Hall–Kier alpha value is -2.95. The van der Waals surface area contributed by atoms with Crippen LogP contribution in [-0.2, 0) is 6.54 Å². The van der Waals surface area contributed by atoms with Crippen molar-refractivity contribution in [2.75, 3.05) is 0 Å². The number of carbonyl (C=O) groups excluding carboxylic acids is 1. The molecular weight excluding hydrogens is 425 g/mol. The number of halogens is 1. The second-order valence-electron chi connectivity index (χ2n) is 11.3. The van der Waals surface area contributed by atoms with Gasteiger partial charge in [0.25, 0.3) is 5.91 Å². The lowest BCUT2D eigenvalue weighted by Gasteiger charge is -2.43. The summed E-state index contributed by atoms with van der Waals surface area (Å²) < 4.78 is 15.9. The molecule has 0 saturated heterocycles. The van der Waals surface area contributed by atoms with Crippen LogP contribution in [0, 0.1) is 36.4 Å². The minimum absolute atomic E-state index is 0.0629. The van der Waals surface area contributed by atoms with Gasteiger partial charge in [0, 0.05) is 11.6 Å². The Morgan fingerprint density at radius 1 is 1.12 bits per heavy atom. The number of fused-ring (bicyclic) bond motifs is 2. The summed E-state index contributed by atoms with van der Waals surface area (Å²) in [5, 5.41) is 8.19. The molecule has 2 aromatic carbocycles. The molecule has 3 atom stereocenters. The van der Waals surface area contributed by atoms with Crippen molar-refractivity contribution in [3.63, 3.8) is 0 Å². The Morgan fingerprint density at radius 3 is 2.50 bits per heavy atom. The predicted molar refractivity (Wildman–Crippen MR) is 133 cm³/mol. The third-order valence-electron chi connectivity index (χ3n) is 8.47. The van der Waals surface area contributed by atoms with Crippen LogP contribution >= 0.6 is 0 Å². The maximum Gasteiger partial charge on any atom is 0.269 e. The third kappa shape index (κ3) is 3.85. The van der Waals surface area contributed by atoms with E-state index in [0.717, 1.165) is 23.2 Å². The van der Waals surface area contributed by atoms with Crippen LogP contribution in [-0.4, -0.2) is 21.7 Å². The number of aromatic nitrogens is 2. The van der Waals surface area contributed by atoms with E-state index in [1.165, 1.54) is 24.5 Å². The molecule has 0 radical (unpaired) electrons. The molecule has 1 amide bonds. The molecule has 2 saturated carbocycles. The van der Waals surface area contributed by atoms with Gasteiger partial charge in [-0.2, -0.15) is 5.10 Å². The highest BCUT2D eigenvalue weighted by molar-refractivity contribution is 5.94. The highest BCUT2D eigenvalue weighted by atomic mass is 19.1. The van der Waals surface area contributed by atoms with Crippen molar-refractivity contribution >= 4 is 5.91 Å². The van der Waals surface area contributed by atoms with Crippen LogP contribution in [0.4, 0.5) is 4.39 Å². The van der Waals surface area contributed by atoms with Gasteiger partial charge in [-0.05, 0) is 73.1 Å². The molecule has 2 bridgehead atoms. The molecule has 178 valence electrons. The summed E-state index contributed by atoms with van der Waals surface area (Å²) in [7, 11) is 0. The van der Waals surface area contributed by atoms with E-state index in [9.17, 15) is 9.18 Å². The fourth-order valence-electron chi connectivity index (χ4n) is 6.36. The van der Waals surface area contributed by atoms with Gasteiger partial charge in [0.1, 0.15) is 11.5 Å². The average molecular weight is 460 g/mol. The Bertz CT molecular complexity index is 1240. The van der Waals surface area contributed by atoms with Crippen LogP contribution in [0.25, 0.3) is 11.3 Å². The topological polar surface area (TPSA) is 46.9 Å². The van der Waals surface area contributed by atoms with Gasteiger partial charge < -0.3 is 5.32 Å². The predicted octanol–water partition coefficient (Wildman–Crippen LogP) is 6.30. The fourth-order valence-corrected chi connectivity index (χ4v) is 6.36. The van der Waals surface area contributed by atoms with E-state index < -0.39 is 0 Å². The van der Waals surface area contributed by atoms with E-state index >= 15 is 0 Å². The van der Waals surface area contributed by atoms with Crippen LogP contribution in [0.1, 0.15) is 67.2 Å². The lowest BCUT2D eigenvalue weighted by Crippen LogP contribution is -2.52. The molecule has 1 aromatic heterocycles. The zero-order valence-corrected chi connectivity index (χ0v) is 20.8. The van der Waals surface area contributed by atoms with E-state index in [1.54, 1.807) is 17.7 Å². The molecule has 2 aliphatic carbocycles. The number of nitrogens with zero attached hydrogens (tertiary/aromatic N) is 2. The number of carbonyl (C=O) groups is 1. The smallest absolute Gasteiger partial charge is 0.269 e. The maximum absolute atomic E-state index is 14.2. The van der Waals surface area contributed by atoms with Crippen molar-refractivity contribution in [1.29, 1.82) is 0 Å². The Kier molecular flexibility index (Phi) is 5.42. The first-order valence-corrected chi connectivity index (χ1v) is 12.3. The number of hydrogen-bond donors (Lipinski definition) is 1. The second-order valence-corrected chi connectivity index (χ2v) is 11.3. The van der Waals surface area contributed by atoms with E-state index in [4.69, 9.17) is 5.10 Å². The zero-order chi connectivity index (χ0) is 24.3. The van der Waals surface area contributed by atoms with Crippen LogP contribution in [0.5, 0.6) is 0 Å². The molecule has 0 aliphatic heterocycles. The summed E-state index contributed by atoms with van der Waals surface area (Å²) in [6, 6.07) is 15.3. The Labute approximate surface area is 201 Å². The monoisotopic (exact) mass is 459 g/mol. The lowest BCUT2D eigenvalue weighted by molar-refractivity contribution is 0.0728. The first kappa shape index (κ1) is 22.8. The standard InChI is InChI=1S/C29H34FN3O/c1-18-6-10-21(11-7-18)24-15-25(33(32-24)17-20-9-8-19(2)23(30)14-20)26(34)31-27-28(3,4)22-12-13-29(27,5)16-22/h6-11,14-15,22,27H,12-13,16-17H2,1-5H3,(H,31,34)/t22?,27?,29-/m0/s1. The average Bonchev–Trinajstić information content (AvgIpc) is 3.44. The molecule has 2 aliphatic rings. The van der Waals surface area contributed by atoms with Crippen molar-refractivity contribution in [1.82, 2.24) is 15.1 Å². The molecule has 4 nitrogen and oxygen atoms in total. The highest BCUT2D eigenvalue weighted by Crippen LogP contribution is 2.62. The molecular formula is C29H34FN3O. The highest BCUT2D eigenvalue weighted by Gasteiger charge is 2.59. The molecule has 1 N–H and O–H groups in total. The van der Waals surface area contributed by atoms with Crippen LogP contribution < -0.4 is 5.32 Å². The Morgan fingerprint density at radius 2 is 1.85 bits per heavy atom. The van der Waals surface area contributed by atoms with Crippen molar-refractivity contribution in [2.24, 2.45) is 16.7 Å². The molecule has 1 heterocycles. The van der Waals surface area contributed by atoms with Crippen molar-refractivity contribution < 1.29 is 9.18 Å². The Balaban J connectivity index is 1.49. The third-order valence-corrected chi connectivity index (χ3v) is 8.47. The van der Waals surface area contributed by atoms with E-state index in [2.05, 4.69) is 26.1 Å². The number of rotatable bonds is 5. The zero-order valence-electron chi connectivity index (χ0n) is 20.8. The summed E-state index contributed by atoms with van der Waals surface area (Å²) in [5.74, 6) is 0.294. The van der Waals surface area contributed by atoms with Crippen molar-refractivity contribution in [3.8, 4) is 11.3 Å². The maximum atomic E-state index is 14.2. The molecule has 2 fully saturated rings. The van der Waals surface area contributed by atoms with Gasteiger partial charge in [-0.25, -0.2) is 4.39 Å². The summed E-state index contributed by atoms with van der Waals surface area (Å²) in [6.45, 7) is 11.0. The number of amides is 1. The van der Waals surface area contributed by atoms with E-state index in [0.29, 0.717) is 23.7 Å². The first-order chi connectivity index (χ1) is 16.1. The van der Waals surface area contributed by atoms with Crippen LogP contribution in [0.15, 0.2) is 48.5 Å². The molecule has 3 aromatic rings. The van der Waals surface area contributed by atoms with Gasteiger partial charge in [-0.15, -0.1) is 0 Å². The second kappa shape index (κ2) is 8.07. The van der Waals surface area contributed by atoms with Gasteiger partial charge in [-0.3, -0.25) is 9.48 Å². The summed E-state index contributed by atoms with van der Waals surface area (Å²) in [4.78, 5) is 13.7. The number of nitrogens with one attached hydrogen (secondary N) is 1. The van der Waals surface area contributed by atoms with Crippen molar-refractivity contribution in [3.05, 3.63) is 76.7 Å². The number of hydrogen-bond acceptors (Lipinski definition) is 2. The van der Waals surface area contributed by atoms with Crippen LogP contribution in [0.3, 0.4) is 0 Å². The van der Waals surface area contributed by atoms with Gasteiger partial charge in [0.05, 0.1) is 12.2 Å². The molecule has 34 heavy (non-hydrogen) atoms. The first-order valence-electron chi connectivity index (χ1n) is 12.3. The largest absolute Gasteiger partial charge is 0.347 e. The van der Waals surface area contributed by atoms with Gasteiger partial charge >= 0.3 is 0 Å². The van der Waals surface area contributed by atoms with E-state index in [1.807, 2.05) is 43.3 Å². The molecule has 2 unspecified atom stereocenters. The van der Waals surface area contributed by atoms with Gasteiger partial charge in [0.2, 0.25) is 0 Å². The molecule has 0 spiro atoms. The number of benzene rings is 2. The minimum atomic E-state index is -0.244. The minimum Gasteiger partial charge on any atom is -0.347 e. The van der Waals surface area contributed by atoms with Gasteiger partial charge in [-0.1, -0.05) is 62.7 Å². The lowest BCUT2D eigenvalue weighted by atomic mass is 9.68. The van der Waals surface area contributed by atoms with Crippen molar-refractivity contribution in [2.45, 2.75) is 66.5 Å². The quantitative estimate of drug-likeness (QED) is 0.487. The number of aryl methyl sites for hydroxylation is 2. The van der Waals surface area contributed by atoms with Crippen LogP contribution in [0.2, 0.25) is 0 Å². The fraction of sp³-hybridized carbons (Fsp3) is 0.448. The SMILES string of the molecule is Cc1ccc(-c2cc(C(=O)NC3C(C)(C)C4CC[C@@]3(C)C4)n(Cc3ccc(C)c(F)c3)n2)cc1. The summed E-state index contributed by atoms with van der Waals surface area (Å²) >= 11 is 0. The summed E-state index contributed by atoms with van der Waals surface area (Å²) in [5.41, 5.74) is 4.97. The van der Waals surface area contributed by atoms with Gasteiger partial charge in [0.15, 0.2) is 0 Å². The van der Waals surface area contributed by atoms with E-state index in [-0.39, 0.29) is 28.6 Å². The normalized spacial score (nSPS) is 25.0. The molecule has 5 rings (SSSR count).